The van der Waals surface area contributed by atoms with E-state index in [9.17, 15) is 4.39 Å². The maximum absolute atomic E-state index is 13.1. The fourth-order valence-electron chi connectivity index (χ4n) is 1.73. The summed E-state index contributed by atoms with van der Waals surface area (Å²) in [7, 11) is 0. The Hall–Kier alpha value is -0.600. The van der Waals surface area contributed by atoms with Crippen molar-refractivity contribution in [1.82, 2.24) is 0 Å². The van der Waals surface area contributed by atoms with Gasteiger partial charge in [-0.15, -0.1) is 0 Å². The smallest absolute Gasteiger partial charge is 0.123 e. The molecule has 0 aromatic heterocycles. The zero-order valence-corrected chi connectivity index (χ0v) is 10.8. The van der Waals surface area contributed by atoms with Crippen molar-refractivity contribution in [2.24, 2.45) is 11.7 Å². The minimum absolute atomic E-state index is 0.264. The molecule has 0 amide bonds. The summed E-state index contributed by atoms with van der Waals surface area (Å²) in [5.41, 5.74) is 6.67. The summed E-state index contributed by atoms with van der Waals surface area (Å²) in [6, 6.07) is 4.41. The number of hydrogen-bond acceptors (Lipinski definition) is 1. The molecule has 0 bridgehead atoms. The van der Waals surface area contributed by atoms with Crippen LogP contribution in [0.15, 0.2) is 18.2 Å². The number of rotatable bonds is 4. The molecule has 0 saturated heterocycles. The van der Waals surface area contributed by atoms with Crippen LogP contribution in [-0.2, 0) is 6.42 Å². The van der Waals surface area contributed by atoms with Gasteiger partial charge in [0.2, 0.25) is 0 Å². The topological polar surface area (TPSA) is 26.0 Å². The first-order valence-electron chi connectivity index (χ1n) is 5.59. The van der Waals surface area contributed by atoms with E-state index < -0.39 is 0 Å². The highest BCUT2D eigenvalue weighted by Gasteiger charge is 2.26. The van der Waals surface area contributed by atoms with E-state index in [4.69, 9.17) is 17.3 Å². The van der Waals surface area contributed by atoms with Crippen LogP contribution in [0.3, 0.4) is 0 Å². The molecular formula is C13H19ClFN. The Bertz CT molecular complexity index is 363. The molecular weight excluding hydrogens is 225 g/mol. The average molecular weight is 244 g/mol. The summed E-state index contributed by atoms with van der Waals surface area (Å²) in [6.07, 6.45) is 1.60. The molecule has 1 aromatic rings. The normalized spacial score (nSPS) is 16.9. The van der Waals surface area contributed by atoms with E-state index in [2.05, 4.69) is 13.8 Å². The predicted molar refractivity (Wildman–Crippen MR) is 67.2 cm³/mol. The number of benzene rings is 1. The summed E-state index contributed by atoms with van der Waals surface area (Å²) in [5, 5.41) is 0.585. The first-order chi connectivity index (χ1) is 7.36. The maximum atomic E-state index is 13.1. The minimum atomic E-state index is -0.355. The lowest BCUT2D eigenvalue weighted by Crippen LogP contribution is -2.44. The van der Waals surface area contributed by atoms with E-state index in [1.807, 2.05) is 6.92 Å². The Kier molecular flexibility index (Phi) is 4.34. The lowest BCUT2D eigenvalue weighted by Gasteiger charge is -2.31. The van der Waals surface area contributed by atoms with E-state index in [1.54, 1.807) is 6.07 Å². The zero-order chi connectivity index (χ0) is 12.3. The first-order valence-corrected chi connectivity index (χ1v) is 5.97. The molecule has 0 aliphatic carbocycles. The number of nitrogens with two attached hydrogens (primary N) is 1. The van der Waals surface area contributed by atoms with E-state index in [0.717, 1.165) is 12.0 Å². The van der Waals surface area contributed by atoms with Gasteiger partial charge in [-0.1, -0.05) is 31.9 Å². The van der Waals surface area contributed by atoms with Gasteiger partial charge in [-0.2, -0.15) is 0 Å². The zero-order valence-electron chi connectivity index (χ0n) is 10.1. The fraction of sp³-hybridized carbons (Fsp3) is 0.538. The first kappa shape index (κ1) is 13.5. The molecule has 2 N–H and O–H groups in total. The molecule has 1 rings (SSSR count). The summed E-state index contributed by atoms with van der Waals surface area (Å²) in [5.74, 6) is 0.103. The third-order valence-electron chi connectivity index (χ3n) is 3.32. The monoisotopic (exact) mass is 243 g/mol. The third kappa shape index (κ3) is 3.19. The highest BCUT2D eigenvalue weighted by atomic mass is 35.5. The van der Waals surface area contributed by atoms with E-state index in [1.165, 1.54) is 12.1 Å². The van der Waals surface area contributed by atoms with Gasteiger partial charge < -0.3 is 5.73 Å². The van der Waals surface area contributed by atoms with Gasteiger partial charge in [0.15, 0.2) is 0 Å². The second-order valence-corrected chi connectivity index (χ2v) is 5.13. The second-order valence-electron chi connectivity index (χ2n) is 4.73. The minimum Gasteiger partial charge on any atom is -0.325 e. The molecule has 0 radical (unpaired) electrons. The van der Waals surface area contributed by atoms with Gasteiger partial charge in [-0.3, -0.25) is 0 Å². The van der Waals surface area contributed by atoms with E-state index >= 15 is 0 Å². The van der Waals surface area contributed by atoms with Gasteiger partial charge in [-0.25, -0.2) is 4.39 Å². The lowest BCUT2D eigenvalue weighted by atomic mass is 9.81. The SMILES string of the molecule is CCC(C)C(C)(N)Cc1cc(F)ccc1Cl. The van der Waals surface area contributed by atoms with Gasteiger partial charge >= 0.3 is 0 Å². The van der Waals surface area contributed by atoms with Gasteiger partial charge in [0.25, 0.3) is 0 Å². The fourth-order valence-corrected chi connectivity index (χ4v) is 1.91. The van der Waals surface area contributed by atoms with Crippen molar-refractivity contribution in [3.8, 4) is 0 Å². The Morgan fingerprint density at radius 3 is 2.69 bits per heavy atom. The van der Waals surface area contributed by atoms with Crippen LogP contribution in [0.4, 0.5) is 4.39 Å². The molecule has 0 saturated carbocycles. The van der Waals surface area contributed by atoms with Crippen LogP contribution in [0.2, 0.25) is 5.02 Å². The Morgan fingerprint density at radius 1 is 1.50 bits per heavy atom. The third-order valence-corrected chi connectivity index (χ3v) is 3.69. The average Bonchev–Trinajstić information content (AvgIpc) is 2.22. The molecule has 0 aliphatic heterocycles. The molecule has 1 aromatic carbocycles. The molecule has 3 heteroatoms. The van der Waals surface area contributed by atoms with Gasteiger partial charge in [0.05, 0.1) is 0 Å². The van der Waals surface area contributed by atoms with Gasteiger partial charge in [0, 0.05) is 10.6 Å². The highest BCUT2D eigenvalue weighted by Crippen LogP contribution is 2.26. The number of hydrogen-bond donors (Lipinski definition) is 1. The van der Waals surface area contributed by atoms with Crippen molar-refractivity contribution in [3.05, 3.63) is 34.6 Å². The van der Waals surface area contributed by atoms with Crippen molar-refractivity contribution < 1.29 is 4.39 Å². The van der Waals surface area contributed by atoms with Crippen molar-refractivity contribution in [3.63, 3.8) is 0 Å². The van der Waals surface area contributed by atoms with Crippen LogP contribution in [0.25, 0.3) is 0 Å². The molecule has 16 heavy (non-hydrogen) atoms. The summed E-state index contributed by atoms with van der Waals surface area (Å²) in [6.45, 7) is 6.19. The molecule has 0 fully saturated rings. The quantitative estimate of drug-likeness (QED) is 0.856. The summed E-state index contributed by atoms with van der Waals surface area (Å²) < 4.78 is 13.1. The van der Waals surface area contributed by atoms with Crippen molar-refractivity contribution in [2.45, 2.75) is 39.2 Å². The molecule has 0 heterocycles. The van der Waals surface area contributed by atoms with Gasteiger partial charge in [-0.05, 0) is 43.0 Å². The second kappa shape index (κ2) is 5.15. The molecule has 2 atom stereocenters. The van der Waals surface area contributed by atoms with Crippen molar-refractivity contribution in [2.75, 3.05) is 0 Å². The van der Waals surface area contributed by atoms with Crippen LogP contribution in [0.5, 0.6) is 0 Å². The molecule has 2 unspecified atom stereocenters. The molecule has 1 nitrogen and oxygen atoms in total. The number of halogens is 2. The molecule has 0 aliphatic rings. The summed E-state index contributed by atoms with van der Waals surface area (Å²) >= 11 is 6.03. The molecule has 0 spiro atoms. The van der Waals surface area contributed by atoms with Crippen LogP contribution in [0, 0.1) is 11.7 Å². The van der Waals surface area contributed by atoms with Crippen molar-refractivity contribution in [1.29, 1.82) is 0 Å². The lowest BCUT2D eigenvalue weighted by molar-refractivity contribution is 0.306. The highest BCUT2D eigenvalue weighted by molar-refractivity contribution is 6.31. The van der Waals surface area contributed by atoms with Crippen LogP contribution >= 0.6 is 11.6 Å². The predicted octanol–water partition coefficient (Wildman–Crippen LogP) is 3.79. The van der Waals surface area contributed by atoms with Crippen LogP contribution in [-0.4, -0.2) is 5.54 Å². The Labute approximate surface area is 102 Å². The van der Waals surface area contributed by atoms with Crippen LogP contribution in [0.1, 0.15) is 32.8 Å². The Balaban J connectivity index is 2.91. The van der Waals surface area contributed by atoms with E-state index in [-0.39, 0.29) is 11.4 Å². The molecule has 90 valence electrons. The summed E-state index contributed by atoms with van der Waals surface area (Å²) in [4.78, 5) is 0. The maximum Gasteiger partial charge on any atom is 0.123 e. The van der Waals surface area contributed by atoms with Gasteiger partial charge in [0.1, 0.15) is 5.82 Å². The Morgan fingerprint density at radius 2 is 2.12 bits per heavy atom. The van der Waals surface area contributed by atoms with E-state index in [0.29, 0.717) is 17.4 Å². The van der Waals surface area contributed by atoms with Crippen LogP contribution < -0.4 is 5.73 Å². The largest absolute Gasteiger partial charge is 0.325 e. The van der Waals surface area contributed by atoms with Crippen molar-refractivity contribution >= 4 is 11.6 Å². The standard InChI is InChI=1S/C13H19ClFN/c1-4-9(2)13(3,16)8-10-7-11(15)5-6-12(10)14/h5-7,9H,4,8,16H2,1-3H3.